The zero-order valence-corrected chi connectivity index (χ0v) is 16.6. The third-order valence-corrected chi connectivity index (χ3v) is 5.25. The van der Waals surface area contributed by atoms with Gasteiger partial charge in [0, 0.05) is 6.54 Å². The number of carbonyl (C=O) groups is 1. The molecule has 1 amide bonds. The van der Waals surface area contributed by atoms with Gasteiger partial charge in [0.05, 0.1) is 19.7 Å². The average Bonchev–Trinajstić information content (AvgIpc) is 2.67. The van der Waals surface area contributed by atoms with Gasteiger partial charge in [0.2, 0.25) is 5.91 Å². The molecule has 1 unspecified atom stereocenters. The fourth-order valence-electron chi connectivity index (χ4n) is 3.78. The van der Waals surface area contributed by atoms with Crippen molar-refractivity contribution in [2.45, 2.75) is 45.2 Å². The molecule has 1 aliphatic carbocycles. The minimum absolute atomic E-state index is 0.0231. The van der Waals surface area contributed by atoms with Crippen LogP contribution in [0.2, 0.25) is 0 Å². The number of nitrogens with one attached hydrogen (secondary N) is 1. The molecule has 0 aliphatic heterocycles. The van der Waals surface area contributed by atoms with E-state index in [1.165, 1.54) is 36.0 Å². The van der Waals surface area contributed by atoms with Gasteiger partial charge in [0.15, 0.2) is 0 Å². The fourth-order valence-corrected chi connectivity index (χ4v) is 3.78. The molecule has 0 aromatic heterocycles. The first-order valence-electron chi connectivity index (χ1n) is 9.77. The molecule has 0 radical (unpaired) electrons. The summed E-state index contributed by atoms with van der Waals surface area (Å²) < 4.78 is 5.26. The van der Waals surface area contributed by atoms with Gasteiger partial charge in [-0.3, -0.25) is 9.69 Å². The summed E-state index contributed by atoms with van der Waals surface area (Å²) in [6.07, 6.45) is 4.91. The fraction of sp³-hybridized carbons (Fsp3) is 0.435. The topological polar surface area (TPSA) is 41.6 Å². The van der Waals surface area contributed by atoms with Gasteiger partial charge in [0.25, 0.3) is 0 Å². The van der Waals surface area contributed by atoms with Crippen molar-refractivity contribution in [3.05, 3.63) is 64.7 Å². The third-order valence-electron chi connectivity index (χ3n) is 5.25. The van der Waals surface area contributed by atoms with E-state index in [0.29, 0.717) is 13.1 Å². The largest absolute Gasteiger partial charge is 0.497 e. The van der Waals surface area contributed by atoms with Crippen LogP contribution in [-0.2, 0) is 24.2 Å². The molecule has 0 saturated heterocycles. The number of hydrogen-bond donors (Lipinski definition) is 1. The van der Waals surface area contributed by atoms with E-state index in [1.807, 2.05) is 36.2 Å². The molecule has 27 heavy (non-hydrogen) atoms. The third kappa shape index (κ3) is 5.33. The smallest absolute Gasteiger partial charge is 0.234 e. The van der Waals surface area contributed by atoms with Crippen LogP contribution in [0.15, 0.2) is 42.5 Å². The molecule has 2 aromatic carbocycles. The second-order valence-electron chi connectivity index (χ2n) is 7.55. The number of hydrogen-bond acceptors (Lipinski definition) is 3. The first-order valence-corrected chi connectivity index (χ1v) is 9.77. The lowest BCUT2D eigenvalue weighted by Gasteiger charge is -2.21. The minimum Gasteiger partial charge on any atom is -0.497 e. The highest BCUT2D eigenvalue weighted by atomic mass is 16.5. The van der Waals surface area contributed by atoms with Crippen LogP contribution < -0.4 is 10.1 Å². The SMILES string of the molecule is COc1cccc(CN(C)CC(=O)NC(C)c2ccc3c(c2)CCCC3)c1. The Morgan fingerprint density at radius 2 is 1.93 bits per heavy atom. The number of nitrogens with zero attached hydrogens (tertiary/aromatic N) is 1. The van der Waals surface area contributed by atoms with Gasteiger partial charge in [-0.05, 0) is 74.0 Å². The summed E-state index contributed by atoms with van der Waals surface area (Å²) in [5.41, 5.74) is 5.25. The summed E-state index contributed by atoms with van der Waals surface area (Å²) in [5, 5.41) is 3.14. The average molecular weight is 367 g/mol. The minimum atomic E-state index is 0.0231. The summed E-state index contributed by atoms with van der Waals surface area (Å²) in [6, 6.07) is 14.7. The second-order valence-corrected chi connectivity index (χ2v) is 7.55. The van der Waals surface area contributed by atoms with E-state index in [9.17, 15) is 4.79 Å². The number of amides is 1. The van der Waals surface area contributed by atoms with E-state index >= 15 is 0 Å². The molecule has 144 valence electrons. The Kier molecular flexibility index (Phi) is 6.51. The highest BCUT2D eigenvalue weighted by Gasteiger charge is 2.15. The number of methoxy groups -OCH3 is 1. The quantitative estimate of drug-likeness (QED) is 0.808. The molecule has 0 spiro atoms. The molecular formula is C23H30N2O2. The van der Waals surface area contributed by atoms with Crippen LogP contribution in [0.1, 0.15) is 48.1 Å². The number of aryl methyl sites for hydroxylation is 2. The summed E-state index contributed by atoms with van der Waals surface area (Å²) in [6.45, 7) is 3.13. The van der Waals surface area contributed by atoms with Crippen molar-refractivity contribution < 1.29 is 9.53 Å². The zero-order chi connectivity index (χ0) is 19.2. The molecule has 1 atom stereocenters. The Morgan fingerprint density at radius 1 is 1.15 bits per heavy atom. The van der Waals surface area contributed by atoms with Gasteiger partial charge < -0.3 is 10.1 Å². The molecule has 0 fully saturated rings. The number of rotatable bonds is 7. The van der Waals surface area contributed by atoms with Gasteiger partial charge in [-0.15, -0.1) is 0 Å². The Morgan fingerprint density at radius 3 is 2.70 bits per heavy atom. The molecule has 0 heterocycles. The van der Waals surface area contributed by atoms with Crippen LogP contribution in [0.4, 0.5) is 0 Å². The van der Waals surface area contributed by atoms with Gasteiger partial charge >= 0.3 is 0 Å². The van der Waals surface area contributed by atoms with Gasteiger partial charge in [-0.2, -0.15) is 0 Å². The highest BCUT2D eigenvalue weighted by Crippen LogP contribution is 2.24. The van der Waals surface area contributed by atoms with E-state index < -0.39 is 0 Å². The Labute approximate surface area is 162 Å². The number of benzene rings is 2. The van der Waals surface area contributed by atoms with E-state index in [1.54, 1.807) is 7.11 Å². The molecule has 4 nitrogen and oxygen atoms in total. The lowest BCUT2D eigenvalue weighted by Crippen LogP contribution is -2.36. The molecule has 0 saturated carbocycles. The molecule has 0 bridgehead atoms. The van der Waals surface area contributed by atoms with E-state index in [4.69, 9.17) is 4.74 Å². The highest BCUT2D eigenvalue weighted by molar-refractivity contribution is 5.78. The first-order chi connectivity index (χ1) is 13.0. The predicted molar refractivity (Wildman–Crippen MR) is 109 cm³/mol. The maximum Gasteiger partial charge on any atom is 0.234 e. The van der Waals surface area contributed by atoms with Crippen molar-refractivity contribution in [1.82, 2.24) is 10.2 Å². The number of carbonyl (C=O) groups excluding carboxylic acids is 1. The maximum absolute atomic E-state index is 12.5. The van der Waals surface area contributed by atoms with Gasteiger partial charge in [0.1, 0.15) is 5.75 Å². The monoisotopic (exact) mass is 366 g/mol. The van der Waals surface area contributed by atoms with Crippen LogP contribution in [-0.4, -0.2) is 31.5 Å². The lowest BCUT2D eigenvalue weighted by atomic mass is 9.89. The number of fused-ring (bicyclic) bond motifs is 1. The van der Waals surface area contributed by atoms with Crippen molar-refractivity contribution >= 4 is 5.91 Å². The lowest BCUT2D eigenvalue weighted by molar-refractivity contribution is -0.122. The van der Waals surface area contributed by atoms with Crippen molar-refractivity contribution in [1.29, 1.82) is 0 Å². The Hall–Kier alpha value is -2.33. The first kappa shape index (κ1) is 19.4. The predicted octanol–water partition coefficient (Wildman–Crippen LogP) is 3.88. The van der Waals surface area contributed by atoms with Crippen LogP contribution in [0.25, 0.3) is 0 Å². The molecule has 1 aliphatic rings. The standard InChI is InChI=1S/C23H30N2O2/c1-17(20-12-11-19-8-4-5-9-21(19)14-20)24-23(26)16-25(2)15-18-7-6-10-22(13-18)27-3/h6-7,10-14,17H,4-5,8-9,15-16H2,1-3H3,(H,24,26). The molecular weight excluding hydrogens is 336 g/mol. The van der Waals surface area contributed by atoms with Crippen molar-refractivity contribution in [2.75, 3.05) is 20.7 Å². The number of likely N-dealkylation sites (N-methyl/N-ethyl adjacent to an activating group) is 1. The van der Waals surface area contributed by atoms with Crippen LogP contribution >= 0.6 is 0 Å². The van der Waals surface area contributed by atoms with E-state index in [-0.39, 0.29) is 11.9 Å². The van der Waals surface area contributed by atoms with Crippen LogP contribution in [0.3, 0.4) is 0 Å². The summed E-state index contributed by atoms with van der Waals surface area (Å²) in [5.74, 6) is 0.886. The van der Waals surface area contributed by atoms with Crippen LogP contribution in [0, 0.1) is 0 Å². The van der Waals surface area contributed by atoms with E-state index in [2.05, 4.69) is 30.4 Å². The van der Waals surface area contributed by atoms with Crippen molar-refractivity contribution in [2.24, 2.45) is 0 Å². The van der Waals surface area contributed by atoms with Crippen molar-refractivity contribution in [3.63, 3.8) is 0 Å². The number of ether oxygens (including phenoxy) is 1. The summed E-state index contributed by atoms with van der Waals surface area (Å²) >= 11 is 0. The zero-order valence-electron chi connectivity index (χ0n) is 16.6. The second kappa shape index (κ2) is 9.05. The molecule has 4 heteroatoms. The Balaban J connectivity index is 1.53. The summed E-state index contributed by atoms with van der Waals surface area (Å²) in [4.78, 5) is 14.5. The molecule has 1 N–H and O–H groups in total. The van der Waals surface area contributed by atoms with Gasteiger partial charge in [-0.25, -0.2) is 0 Å². The Bertz CT molecular complexity index is 788. The van der Waals surface area contributed by atoms with E-state index in [0.717, 1.165) is 17.7 Å². The normalized spacial score (nSPS) is 14.5. The van der Waals surface area contributed by atoms with Crippen molar-refractivity contribution in [3.8, 4) is 5.75 Å². The van der Waals surface area contributed by atoms with Gasteiger partial charge in [-0.1, -0.05) is 30.3 Å². The van der Waals surface area contributed by atoms with Crippen LogP contribution in [0.5, 0.6) is 5.75 Å². The maximum atomic E-state index is 12.5. The summed E-state index contributed by atoms with van der Waals surface area (Å²) in [7, 11) is 3.63. The molecule has 2 aromatic rings. The molecule has 3 rings (SSSR count).